The van der Waals surface area contributed by atoms with Gasteiger partial charge in [-0.15, -0.1) is 0 Å². The van der Waals surface area contributed by atoms with Gasteiger partial charge >= 0.3 is 5.97 Å². The van der Waals surface area contributed by atoms with Crippen molar-refractivity contribution in [1.82, 2.24) is 0 Å². The molecule has 12 heavy (non-hydrogen) atoms. The molecule has 0 amide bonds. The maximum atomic E-state index is 10.1. The van der Waals surface area contributed by atoms with Crippen LogP contribution in [0.2, 0.25) is 0 Å². The van der Waals surface area contributed by atoms with Crippen LogP contribution in [0.5, 0.6) is 0 Å². The summed E-state index contributed by atoms with van der Waals surface area (Å²) in [4.78, 5) is 10.1. The summed E-state index contributed by atoms with van der Waals surface area (Å²) in [5, 5.41) is 15.3. The number of rotatable bonds is 6. The first-order valence-electron chi connectivity index (χ1n) is 3.81. The number of aliphatic carboxylic acids is 1. The lowest BCUT2D eigenvalue weighted by atomic mass is 10.2. The molecule has 0 saturated carbocycles. The van der Waals surface area contributed by atoms with Crippen molar-refractivity contribution in [1.29, 1.82) is 5.41 Å². The van der Waals surface area contributed by atoms with Gasteiger partial charge in [0.2, 0.25) is 0 Å². The Bertz CT molecular complexity index is 143. The molecule has 0 heterocycles. The second kappa shape index (κ2) is 6.97. The van der Waals surface area contributed by atoms with Gasteiger partial charge in [0.1, 0.15) is 0 Å². The molecule has 0 unspecified atom stereocenters. The molecule has 0 bridgehead atoms. The van der Waals surface area contributed by atoms with E-state index in [1.807, 2.05) is 0 Å². The zero-order valence-corrected chi connectivity index (χ0v) is 7.69. The van der Waals surface area contributed by atoms with Crippen molar-refractivity contribution in [3.8, 4) is 0 Å². The van der Waals surface area contributed by atoms with Crippen LogP contribution in [0.3, 0.4) is 0 Å². The number of unbranched alkanes of at least 4 members (excludes halogenated alkanes) is 2. The second-order valence-corrected chi connectivity index (χ2v) is 3.55. The number of hydrogen-bond donors (Lipinski definition) is 3. The van der Waals surface area contributed by atoms with Gasteiger partial charge in [0.25, 0.3) is 0 Å². The highest BCUT2D eigenvalue weighted by molar-refractivity contribution is 8.13. The number of thioether (sulfide) groups is 1. The summed E-state index contributed by atoms with van der Waals surface area (Å²) in [6.07, 6.45) is 2.78. The molecular weight excluding hydrogens is 176 g/mol. The Morgan fingerprint density at radius 1 is 1.42 bits per heavy atom. The number of carboxylic acid groups (broad SMARTS) is 1. The fraction of sp³-hybridized carbons (Fsp3) is 0.714. The number of hydrogen-bond acceptors (Lipinski definition) is 3. The molecule has 0 saturated heterocycles. The van der Waals surface area contributed by atoms with E-state index < -0.39 is 5.97 Å². The minimum Gasteiger partial charge on any atom is -0.481 e. The van der Waals surface area contributed by atoms with Gasteiger partial charge in [0.15, 0.2) is 5.17 Å². The van der Waals surface area contributed by atoms with Crippen LogP contribution < -0.4 is 5.73 Å². The van der Waals surface area contributed by atoms with Crippen molar-refractivity contribution in [2.45, 2.75) is 25.7 Å². The Kier molecular flexibility index (Phi) is 6.55. The summed E-state index contributed by atoms with van der Waals surface area (Å²) in [6.45, 7) is 0. The topological polar surface area (TPSA) is 87.2 Å². The predicted molar refractivity (Wildman–Crippen MR) is 50.5 cm³/mol. The normalized spacial score (nSPS) is 9.67. The van der Waals surface area contributed by atoms with E-state index in [-0.39, 0.29) is 11.6 Å². The largest absolute Gasteiger partial charge is 0.481 e. The maximum absolute atomic E-state index is 10.1. The Labute approximate surface area is 76.0 Å². The molecule has 0 aromatic heterocycles. The third-order valence-electron chi connectivity index (χ3n) is 1.29. The van der Waals surface area contributed by atoms with E-state index in [1.54, 1.807) is 0 Å². The van der Waals surface area contributed by atoms with E-state index in [0.717, 1.165) is 18.6 Å². The van der Waals surface area contributed by atoms with Gasteiger partial charge in [-0.25, -0.2) is 0 Å². The first-order valence-corrected chi connectivity index (χ1v) is 4.80. The molecule has 0 aliphatic carbocycles. The van der Waals surface area contributed by atoms with E-state index in [1.165, 1.54) is 11.8 Å². The second-order valence-electron chi connectivity index (χ2n) is 2.42. The van der Waals surface area contributed by atoms with Crippen LogP contribution in [0.25, 0.3) is 0 Å². The summed E-state index contributed by atoms with van der Waals surface area (Å²) < 4.78 is 0. The third kappa shape index (κ3) is 9.29. The quantitative estimate of drug-likeness (QED) is 0.334. The molecule has 0 aromatic rings. The zero-order valence-electron chi connectivity index (χ0n) is 6.88. The van der Waals surface area contributed by atoms with Crippen LogP contribution in [0, 0.1) is 5.41 Å². The van der Waals surface area contributed by atoms with Gasteiger partial charge in [-0.3, -0.25) is 10.2 Å². The molecule has 0 radical (unpaired) electrons. The molecular formula is C7H14N2O2S. The zero-order chi connectivity index (χ0) is 9.40. The number of carboxylic acids is 1. The number of nitrogens with one attached hydrogen (secondary N) is 1. The predicted octanol–water partition coefficient (Wildman–Crippen LogP) is 1.26. The molecule has 4 N–H and O–H groups in total. The van der Waals surface area contributed by atoms with Crippen molar-refractivity contribution in [2.24, 2.45) is 5.73 Å². The van der Waals surface area contributed by atoms with E-state index >= 15 is 0 Å². The lowest BCUT2D eigenvalue weighted by molar-refractivity contribution is -0.137. The van der Waals surface area contributed by atoms with Gasteiger partial charge in [0, 0.05) is 12.2 Å². The van der Waals surface area contributed by atoms with Crippen LogP contribution in [0.1, 0.15) is 25.7 Å². The molecule has 0 rings (SSSR count). The number of amidine groups is 1. The molecule has 0 fully saturated rings. The van der Waals surface area contributed by atoms with Crippen molar-refractivity contribution >= 4 is 22.9 Å². The van der Waals surface area contributed by atoms with E-state index in [4.69, 9.17) is 16.2 Å². The number of carbonyl (C=O) groups is 1. The summed E-state index contributed by atoms with van der Waals surface area (Å²) >= 11 is 1.30. The van der Waals surface area contributed by atoms with Gasteiger partial charge in [-0.2, -0.15) is 0 Å². The Balaban J connectivity index is 3.01. The van der Waals surface area contributed by atoms with Crippen LogP contribution in [-0.2, 0) is 4.79 Å². The highest BCUT2D eigenvalue weighted by Crippen LogP contribution is 2.06. The van der Waals surface area contributed by atoms with Gasteiger partial charge in [0.05, 0.1) is 0 Å². The number of nitrogens with two attached hydrogens (primary N) is 1. The summed E-state index contributed by atoms with van der Waals surface area (Å²) in [5.41, 5.74) is 5.11. The molecule has 0 atom stereocenters. The highest BCUT2D eigenvalue weighted by atomic mass is 32.2. The highest BCUT2D eigenvalue weighted by Gasteiger charge is 1.96. The van der Waals surface area contributed by atoms with Gasteiger partial charge in [-0.1, -0.05) is 18.2 Å². The third-order valence-corrected chi connectivity index (χ3v) is 2.10. The standard InChI is InChI=1S/C7H14N2O2S/c8-7(9)12-5-3-1-2-4-6(10)11/h1-5H2,(H3,8,9)(H,10,11). The fourth-order valence-corrected chi connectivity index (χ4v) is 1.31. The van der Waals surface area contributed by atoms with Crippen LogP contribution in [0.15, 0.2) is 0 Å². The van der Waals surface area contributed by atoms with E-state index in [2.05, 4.69) is 0 Å². The van der Waals surface area contributed by atoms with Crippen LogP contribution in [0.4, 0.5) is 0 Å². The molecule has 4 nitrogen and oxygen atoms in total. The molecule has 5 heteroatoms. The van der Waals surface area contributed by atoms with Gasteiger partial charge in [-0.05, 0) is 12.8 Å². The maximum Gasteiger partial charge on any atom is 0.303 e. The van der Waals surface area contributed by atoms with Gasteiger partial charge < -0.3 is 10.8 Å². The first kappa shape index (κ1) is 11.3. The average molecular weight is 190 g/mol. The van der Waals surface area contributed by atoms with Crippen molar-refractivity contribution in [3.63, 3.8) is 0 Å². The minimum atomic E-state index is -0.741. The molecule has 0 aromatic carbocycles. The van der Waals surface area contributed by atoms with Crippen molar-refractivity contribution < 1.29 is 9.90 Å². The summed E-state index contributed by atoms with van der Waals surface area (Å²) in [5.74, 6) is 0.0730. The average Bonchev–Trinajstić information content (AvgIpc) is 1.95. The summed E-state index contributed by atoms with van der Waals surface area (Å²) in [6, 6.07) is 0. The SMILES string of the molecule is N=C(N)SCCCCCC(=O)O. The van der Waals surface area contributed by atoms with Crippen molar-refractivity contribution in [2.75, 3.05) is 5.75 Å². The van der Waals surface area contributed by atoms with Crippen molar-refractivity contribution in [3.05, 3.63) is 0 Å². The molecule has 0 aliphatic heterocycles. The smallest absolute Gasteiger partial charge is 0.303 e. The Morgan fingerprint density at radius 3 is 2.58 bits per heavy atom. The molecule has 70 valence electrons. The lowest BCUT2D eigenvalue weighted by Crippen LogP contribution is -2.04. The summed E-state index contributed by atoms with van der Waals surface area (Å²) in [7, 11) is 0. The van der Waals surface area contributed by atoms with E-state index in [0.29, 0.717) is 6.42 Å². The first-order chi connectivity index (χ1) is 5.63. The Morgan fingerprint density at radius 2 is 2.08 bits per heavy atom. The van der Waals surface area contributed by atoms with Crippen LogP contribution >= 0.6 is 11.8 Å². The van der Waals surface area contributed by atoms with Crippen LogP contribution in [-0.4, -0.2) is 22.0 Å². The minimum absolute atomic E-state index is 0.133. The molecule has 0 aliphatic rings. The monoisotopic (exact) mass is 190 g/mol. The Hall–Kier alpha value is -0.710. The molecule has 0 spiro atoms. The fourth-order valence-electron chi connectivity index (χ4n) is 0.737. The lowest BCUT2D eigenvalue weighted by Gasteiger charge is -1.97. The van der Waals surface area contributed by atoms with E-state index in [9.17, 15) is 4.79 Å².